The van der Waals surface area contributed by atoms with E-state index in [-0.39, 0.29) is 0 Å². The number of benzene rings is 1. The van der Waals surface area contributed by atoms with E-state index >= 15 is 0 Å². The van der Waals surface area contributed by atoms with Gasteiger partial charge in [0, 0.05) is 11.4 Å². The second-order valence-electron chi connectivity index (χ2n) is 5.38. The first kappa shape index (κ1) is 18.6. The number of ether oxygens (including phenoxy) is 2. The predicted octanol–water partition coefficient (Wildman–Crippen LogP) is 3.00. The quantitative estimate of drug-likeness (QED) is 0.506. The molecule has 1 heterocycles. The van der Waals surface area contributed by atoms with Gasteiger partial charge in [-0.3, -0.25) is 0 Å². The number of nitrogens with one attached hydrogen (secondary N) is 1. The van der Waals surface area contributed by atoms with Crippen LogP contribution >= 0.6 is 12.2 Å². The van der Waals surface area contributed by atoms with Gasteiger partial charge < -0.3 is 14.8 Å². The summed E-state index contributed by atoms with van der Waals surface area (Å²) >= 11 is 4.71. The number of carbonyl (C=O) groups is 2. The zero-order valence-corrected chi connectivity index (χ0v) is 15.2. The molecule has 0 unspecified atom stereocenters. The lowest BCUT2D eigenvalue weighted by molar-refractivity contribution is -0.137. The van der Waals surface area contributed by atoms with E-state index in [1.54, 1.807) is 38.1 Å². The molecule has 1 aromatic rings. The minimum absolute atomic E-state index is 0.320. The topological polar surface area (TPSA) is 77.0 Å². The first-order valence-electron chi connectivity index (χ1n) is 7.48. The fraction of sp³-hybridized carbons (Fsp3) is 0.278. The van der Waals surface area contributed by atoms with Crippen molar-refractivity contribution in [2.24, 2.45) is 4.99 Å². The van der Waals surface area contributed by atoms with Crippen LogP contribution in [0.15, 0.2) is 51.8 Å². The Kier molecular flexibility index (Phi) is 5.85. The lowest BCUT2D eigenvalue weighted by Crippen LogP contribution is -2.32. The zero-order valence-electron chi connectivity index (χ0n) is 14.4. The molecular formula is C18H18N2O4S. The molecule has 130 valence electrons. The lowest BCUT2D eigenvalue weighted by atomic mass is 9.79. The summed E-state index contributed by atoms with van der Waals surface area (Å²) in [5.74, 6) is -1.76. The Hall–Kier alpha value is -2.76. The minimum atomic E-state index is -0.690. The van der Waals surface area contributed by atoms with Crippen LogP contribution in [0.3, 0.4) is 0 Å². The van der Waals surface area contributed by atoms with Crippen molar-refractivity contribution in [2.75, 3.05) is 14.2 Å². The number of esters is 2. The van der Waals surface area contributed by atoms with Crippen molar-refractivity contribution in [3.63, 3.8) is 0 Å². The highest BCUT2D eigenvalue weighted by Crippen LogP contribution is 2.42. The van der Waals surface area contributed by atoms with Gasteiger partial charge in [0.15, 0.2) is 0 Å². The van der Waals surface area contributed by atoms with Gasteiger partial charge in [-0.25, -0.2) is 9.59 Å². The van der Waals surface area contributed by atoms with E-state index in [9.17, 15) is 9.59 Å². The number of nitrogens with zero attached hydrogens (tertiary/aromatic N) is 1. The maximum atomic E-state index is 12.4. The van der Waals surface area contributed by atoms with Crippen LogP contribution in [0, 0.1) is 0 Å². The second kappa shape index (κ2) is 7.88. The molecule has 7 heteroatoms. The molecule has 1 N–H and O–H groups in total. The van der Waals surface area contributed by atoms with Crippen molar-refractivity contribution in [1.82, 2.24) is 5.32 Å². The van der Waals surface area contributed by atoms with Crippen LogP contribution in [0.4, 0.5) is 5.69 Å². The maximum absolute atomic E-state index is 12.4. The number of allylic oxidation sites excluding steroid dienone is 2. The number of thiocarbonyl (C=S) groups is 1. The first-order chi connectivity index (χ1) is 12.0. The number of aliphatic imine (C=N–C) groups is 1. The minimum Gasteiger partial charge on any atom is -0.466 e. The molecule has 0 bridgehead atoms. The van der Waals surface area contributed by atoms with Crippen molar-refractivity contribution in [2.45, 2.75) is 19.8 Å². The molecule has 0 saturated carbocycles. The average Bonchev–Trinajstić information content (AvgIpc) is 2.60. The Morgan fingerprint density at radius 1 is 1.08 bits per heavy atom. The standard InChI is InChI=1S/C18H18N2O4S/c1-10-14(17(21)23-3)16(15(11(2)20-10)18(22)24-4)12-7-5-6-8-13(12)19-9-25/h5-8,16,20H,1-4H3. The van der Waals surface area contributed by atoms with E-state index < -0.39 is 17.9 Å². The number of hydrogen-bond donors (Lipinski definition) is 1. The van der Waals surface area contributed by atoms with Gasteiger partial charge in [0.1, 0.15) is 0 Å². The third-order valence-electron chi connectivity index (χ3n) is 3.98. The monoisotopic (exact) mass is 358 g/mol. The molecule has 25 heavy (non-hydrogen) atoms. The fourth-order valence-corrected chi connectivity index (χ4v) is 3.05. The van der Waals surface area contributed by atoms with Crippen molar-refractivity contribution in [3.05, 3.63) is 52.4 Å². The third-order valence-corrected chi connectivity index (χ3v) is 4.08. The van der Waals surface area contributed by atoms with Gasteiger partial charge in [-0.15, -0.1) is 0 Å². The summed E-state index contributed by atoms with van der Waals surface area (Å²) in [4.78, 5) is 28.9. The molecule has 0 radical (unpaired) electrons. The molecule has 1 aromatic carbocycles. The highest BCUT2D eigenvalue weighted by atomic mass is 32.1. The Labute approximate surface area is 151 Å². The number of carbonyl (C=O) groups excluding carboxylic acids is 2. The van der Waals surface area contributed by atoms with Gasteiger partial charge in [-0.05, 0) is 37.7 Å². The number of hydrogen-bond acceptors (Lipinski definition) is 7. The van der Waals surface area contributed by atoms with Crippen LogP contribution in [-0.4, -0.2) is 31.3 Å². The highest BCUT2D eigenvalue weighted by molar-refractivity contribution is 7.78. The number of methoxy groups -OCH3 is 2. The molecule has 6 nitrogen and oxygen atoms in total. The molecular weight excluding hydrogens is 340 g/mol. The van der Waals surface area contributed by atoms with Gasteiger partial charge in [0.25, 0.3) is 0 Å². The van der Waals surface area contributed by atoms with E-state index in [1.165, 1.54) is 14.2 Å². The third kappa shape index (κ3) is 3.52. The Morgan fingerprint density at radius 3 is 2.08 bits per heavy atom. The van der Waals surface area contributed by atoms with E-state index in [0.29, 0.717) is 33.8 Å². The van der Waals surface area contributed by atoms with Gasteiger partial charge in [0.05, 0.1) is 42.1 Å². The molecule has 0 aliphatic carbocycles. The van der Waals surface area contributed by atoms with Gasteiger partial charge >= 0.3 is 11.9 Å². The van der Waals surface area contributed by atoms with E-state index in [1.807, 2.05) is 0 Å². The van der Waals surface area contributed by atoms with Crippen LogP contribution in [0.2, 0.25) is 0 Å². The molecule has 2 rings (SSSR count). The van der Waals surface area contributed by atoms with Gasteiger partial charge in [0.2, 0.25) is 0 Å². The van der Waals surface area contributed by atoms with Gasteiger partial charge in [-0.2, -0.15) is 4.99 Å². The molecule has 0 fully saturated rings. The van der Waals surface area contributed by atoms with Crippen molar-refractivity contribution >= 4 is 35.0 Å². The summed E-state index contributed by atoms with van der Waals surface area (Å²) in [6.45, 7) is 3.50. The number of dihydropyridines is 1. The first-order valence-corrected chi connectivity index (χ1v) is 7.89. The van der Waals surface area contributed by atoms with Crippen LogP contribution < -0.4 is 5.32 Å². The SMILES string of the molecule is COC(=O)C1=C(C)NC(C)=C(C(=O)OC)C1c1ccccc1N=C=S. The van der Waals surface area contributed by atoms with Crippen LogP contribution in [0.25, 0.3) is 0 Å². The maximum Gasteiger partial charge on any atom is 0.336 e. The Morgan fingerprint density at radius 2 is 1.60 bits per heavy atom. The van der Waals surface area contributed by atoms with Gasteiger partial charge in [-0.1, -0.05) is 18.2 Å². The summed E-state index contributed by atoms with van der Waals surface area (Å²) in [6.07, 6.45) is 0. The molecule has 1 aliphatic rings. The fourth-order valence-electron chi connectivity index (χ4n) is 2.95. The summed E-state index contributed by atoms with van der Waals surface area (Å²) < 4.78 is 9.86. The van der Waals surface area contributed by atoms with E-state index in [0.717, 1.165) is 0 Å². The van der Waals surface area contributed by atoms with Crippen LogP contribution in [-0.2, 0) is 19.1 Å². The largest absolute Gasteiger partial charge is 0.466 e. The number of isothiocyanates is 1. The smallest absolute Gasteiger partial charge is 0.336 e. The summed E-state index contributed by atoms with van der Waals surface area (Å²) in [5, 5.41) is 5.38. The molecule has 0 atom stereocenters. The predicted molar refractivity (Wildman–Crippen MR) is 96.4 cm³/mol. The molecule has 1 aliphatic heterocycles. The second-order valence-corrected chi connectivity index (χ2v) is 5.56. The van der Waals surface area contributed by atoms with Crippen LogP contribution in [0.5, 0.6) is 0 Å². The zero-order chi connectivity index (χ0) is 18.6. The van der Waals surface area contributed by atoms with E-state index in [2.05, 4.69) is 15.5 Å². The lowest BCUT2D eigenvalue weighted by Gasteiger charge is -2.30. The molecule has 0 amide bonds. The summed E-state index contributed by atoms with van der Waals surface area (Å²) in [5.41, 5.74) is 3.00. The molecule has 0 aromatic heterocycles. The molecule has 0 spiro atoms. The normalized spacial score (nSPS) is 14.6. The Balaban J connectivity index is 2.80. The number of para-hydroxylation sites is 1. The summed E-state index contributed by atoms with van der Waals surface area (Å²) in [7, 11) is 2.59. The summed E-state index contributed by atoms with van der Waals surface area (Å²) in [6, 6.07) is 7.12. The average molecular weight is 358 g/mol. The van der Waals surface area contributed by atoms with Crippen molar-refractivity contribution in [1.29, 1.82) is 0 Å². The highest BCUT2D eigenvalue weighted by Gasteiger charge is 2.38. The van der Waals surface area contributed by atoms with Crippen molar-refractivity contribution < 1.29 is 19.1 Å². The Bertz CT molecular complexity index is 797. The number of rotatable bonds is 4. The molecule has 0 saturated heterocycles. The van der Waals surface area contributed by atoms with Crippen LogP contribution in [0.1, 0.15) is 25.3 Å². The van der Waals surface area contributed by atoms with Crippen molar-refractivity contribution in [3.8, 4) is 0 Å². The van der Waals surface area contributed by atoms with E-state index in [4.69, 9.17) is 21.7 Å².